The van der Waals surface area contributed by atoms with Crippen molar-refractivity contribution >= 4 is 11.0 Å². The van der Waals surface area contributed by atoms with Gasteiger partial charge < -0.3 is 9.63 Å². The van der Waals surface area contributed by atoms with Crippen molar-refractivity contribution in [3.8, 4) is 0 Å². The molecule has 1 aromatic heterocycles. The quantitative estimate of drug-likeness (QED) is 0.695. The van der Waals surface area contributed by atoms with E-state index in [0.717, 1.165) is 16.5 Å². The van der Waals surface area contributed by atoms with E-state index < -0.39 is 0 Å². The van der Waals surface area contributed by atoms with Crippen LogP contribution in [0.5, 0.6) is 0 Å². The van der Waals surface area contributed by atoms with Gasteiger partial charge in [-0.15, -0.1) is 0 Å². The van der Waals surface area contributed by atoms with Crippen molar-refractivity contribution in [3.05, 3.63) is 29.5 Å². The summed E-state index contributed by atoms with van der Waals surface area (Å²) in [6.45, 7) is 1.90. The molecule has 3 nitrogen and oxygen atoms in total. The lowest BCUT2D eigenvalue weighted by Gasteiger charge is -1.93. The van der Waals surface area contributed by atoms with Gasteiger partial charge in [-0.3, -0.25) is 0 Å². The summed E-state index contributed by atoms with van der Waals surface area (Å²) >= 11 is 0. The van der Waals surface area contributed by atoms with Crippen molar-refractivity contribution in [2.24, 2.45) is 0 Å². The Labute approximate surface area is 69.6 Å². The lowest BCUT2D eigenvalue weighted by Crippen LogP contribution is -1.84. The predicted octanol–water partition coefficient (Wildman–Crippen LogP) is 1.63. The summed E-state index contributed by atoms with van der Waals surface area (Å²) < 4.78 is 5.01. The number of fused-ring (bicyclic) bond motifs is 1. The van der Waals surface area contributed by atoms with Crippen LogP contribution >= 0.6 is 0 Å². The van der Waals surface area contributed by atoms with Crippen molar-refractivity contribution < 1.29 is 9.63 Å². The van der Waals surface area contributed by atoms with Gasteiger partial charge in [0.15, 0.2) is 5.58 Å². The predicted molar refractivity (Wildman–Crippen MR) is 44.7 cm³/mol. The molecule has 0 unspecified atom stereocenters. The highest BCUT2D eigenvalue weighted by Crippen LogP contribution is 2.21. The van der Waals surface area contributed by atoms with E-state index >= 15 is 0 Å². The van der Waals surface area contributed by atoms with Gasteiger partial charge in [0.05, 0.1) is 12.0 Å². The van der Waals surface area contributed by atoms with Crippen LogP contribution in [0.25, 0.3) is 11.0 Å². The molecule has 62 valence electrons. The van der Waals surface area contributed by atoms with Crippen LogP contribution in [0.1, 0.15) is 11.3 Å². The number of aliphatic hydroxyl groups is 1. The molecule has 0 amide bonds. The van der Waals surface area contributed by atoms with Crippen molar-refractivity contribution in [2.75, 3.05) is 0 Å². The zero-order chi connectivity index (χ0) is 8.55. The van der Waals surface area contributed by atoms with Crippen molar-refractivity contribution in [3.63, 3.8) is 0 Å². The highest BCUT2D eigenvalue weighted by molar-refractivity contribution is 5.82. The molecule has 0 spiro atoms. The second-order valence-electron chi connectivity index (χ2n) is 2.74. The van der Waals surface area contributed by atoms with E-state index in [2.05, 4.69) is 5.16 Å². The number of aliphatic hydroxyl groups excluding tert-OH is 1. The first-order valence-electron chi connectivity index (χ1n) is 3.77. The smallest absolute Gasteiger partial charge is 0.167 e. The molecule has 3 heteroatoms. The van der Waals surface area contributed by atoms with E-state index in [1.54, 1.807) is 0 Å². The molecule has 1 aromatic carbocycles. The molecule has 0 atom stereocenters. The maximum atomic E-state index is 8.93. The molecule has 0 saturated heterocycles. The van der Waals surface area contributed by atoms with Crippen LogP contribution in [0.4, 0.5) is 0 Å². The van der Waals surface area contributed by atoms with Gasteiger partial charge in [-0.25, -0.2) is 0 Å². The molecule has 0 aliphatic rings. The van der Waals surface area contributed by atoms with Crippen LogP contribution < -0.4 is 0 Å². The third kappa shape index (κ3) is 0.905. The van der Waals surface area contributed by atoms with Gasteiger partial charge in [0.25, 0.3) is 0 Å². The fourth-order valence-electron chi connectivity index (χ4n) is 1.34. The van der Waals surface area contributed by atoms with E-state index in [4.69, 9.17) is 9.63 Å². The average Bonchev–Trinajstić information content (AvgIpc) is 2.49. The van der Waals surface area contributed by atoms with Crippen LogP contribution in [-0.4, -0.2) is 10.3 Å². The molecular weight excluding hydrogens is 154 g/mol. The van der Waals surface area contributed by atoms with Gasteiger partial charge in [0, 0.05) is 0 Å². The fourth-order valence-corrected chi connectivity index (χ4v) is 1.34. The number of hydrogen-bond donors (Lipinski definition) is 1. The van der Waals surface area contributed by atoms with Crippen molar-refractivity contribution in [1.29, 1.82) is 0 Å². The van der Waals surface area contributed by atoms with Crippen LogP contribution in [0.15, 0.2) is 22.7 Å². The number of hydrogen-bond acceptors (Lipinski definition) is 3. The van der Waals surface area contributed by atoms with Crippen LogP contribution in [-0.2, 0) is 6.61 Å². The monoisotopic (exact) mass is 163 g/mol. The summed E-state index contributed by atoms with van der Waals surface area (Å²) in [5.41, 5.74) is 2.43. The largest absolute Gasteiger partial charge is 0.390 e. The van der Waals surface area contributed by atoms with Crippen molar-refractivity contribution in [1.82, 2.24) is 5.16 Å². The normalized spacial score (nSPS) is 10.8. The molecule has 0 radical (unpaired) electrons. The minimum atomic E-state index is -0.0716. The van der Waals surface area contributed by atoms with Crippen LogP contribution in [0, 0.1) is 6.92 Å². The van der Waals surface area contributed by atoms with Crippen LogP contribution in [0.3, 0.4) is 0 Å². The molecule has 0 bridgehead atoms. The van der Waals surface area contributed by atoms with Gasteiger partial charge >= 0.3 is 0 Å². The summed E-state index contributed by atoms with van der Waals surface area (Å²) in [5.74, 6) is 0. The van der Waals surface area contributed by atoms with Gasteiger partial charge in [-0.1, -0.05) is 17.3 Å². The summed E-state index contributed by atoms with van der Waals surface area (Å²) in [6.07, 6.45) is 0. The molecule has 0 saturated carbocycles. The number of benzene rings is 1. The summed E-state index contributed by atoms with van der Waals surface area (Å²) in [4.78, 5) is 0. The van der Waals surface area contributed by atoms with E-state index in [1.807, 2.05) is 25.1 Å². The van der Waals surface area contributed by atoms with Gasteiger partial charge in [0.1, 0.15) is 5.69 Å². The van der Waals surface area contributed by atoms with Crippen LogP contribution in [0.2, 0.25) is 0 Å². The Hall–Kier alpha value is -1.35. The first kappa shape index (κ1) is 7.31. The van der Waals surface area contributed by atoms with E-state index in [-0.39, 0.29) is 6.61 Å². The zero-order valence-electron chi connectivity index (χ0n) is 6.74. The van der Waals surface area contributed by atoms with E-state index in [1.165, 1.54) is 0 Å². The first-order valence-corrected chi connectivity index (χ1v) is 3.77. The van der Waals surface area contributed by atoms with Gasteiger partial charge in [-0.2, -0.15) is 0 Å². The summed E-state index contributed by atoms with van der Waals surface area (Å²) in [5, 5.41) is 13.6. The minimum absolute atomic E-state index is 0.0716. The highest BCUT2D eigenvalue weighted by atomic mass is 16.5. The lowest BCUT2D eigenvalue weighted by atomic mass is 10.1. The molecule has 12 heavy (non-hydrogen) atoms. The first-order chi connectivity index (χ1) is 5.83. The molecule has 2 rings (SSSR count). The number of nitrogens with zero attached hydrogens (tertiary/aromatic N) is 1. The Balaban J connectivity index is 2.83. The number of aromatic nitrogens is 1. The molecule has 0 aliphatic heterocycles. The Morgan fingerprint density at radius 3 is 3.08 bits per heavy atom. The Kier molecular flexibility index (Phi) is 1.59. The Morgan fingerprint density at radius 1 is 1.50 bits per heavy atom. The Bertz CT molecular complexity index is 406. The highest BCUT2D eigenvalue weighted by Gasteiger charge is 2.07. The standard InChI is InChI=1S/C9H9NO2/c1-6-3-2-4-8-9(6)7(5-11)10-12-8/h2-4,11H,5H2,1H3. The minimum Gasteiger partial charge on any atom is -0.390 e. The van der Waals surface area contributed by atoms with E-state index in [0.29, 0.717) is 5.69 Å². The third-order valence-electron chi connectivity index (χ3n) is 1.93. The molecule has 0 aliphatic carbocycles. The van der Waals surface area contributed by atoms with Gasteiger partial charge in [-0.05, 0) is 18.6 Å². The summed E-state index contributed by atoms with van der Waals surface area (Å²) in [7, 11) is 0. The van der Waals surface area contributed by atoms with E-state index in [9.17, 15) is 0 Å². The molecule has 0 fully saturated rings. The topological polar surface area (TPSA) is 46.3 Å². The third-order valence-corrected chi connectivity index (χ3v) is 1.93. The van der Waals surface area contributed by atoms with Gasteiger partial charge in [0.2, 0.25) is 0 Å². The number of rotatable bonds is 1. The number of aryl methyl sites for hydroxylation is 1. The maximum absolute atomic E-state index is 8.93. The molecule has 2 aromatic rings. The van der Waals surface area contributed by atoms with Crippen molar-refractivity contribution in [2.45, 2.75) is 13.5 Å². The maximum Gasteiger partial charge on any atom is 0.167 e. The second-order valence-corrected chi connectivity index (χ2v) is 2.74. The average molecular weight is 163 g/mol. The Morgan fingerprint density at radius 2 is 2.33 bits per heavy atom. The molecular formula is C9H9NO2. The lowest BCUT2D eigenvalue weighted by molar-refractivity contribution is 0.269. The fraction of sp³-hybridized carbons (Fsp3) is 0.222. The summed E-state index contributed by atoms with van der Waals surface area (Å²) in [6, 6.07) is 5.72. The molecule has 1 heterocycles. The SMILES string of the molecule is Cc1cccc2onc(CO)c12. The zero-order valence-corrected chi connectivity index (χ0v) is 6.74. The second kappa shape index (κ2) is 2.60. The molecule has 1 N–H and O–H groups in total.